The van der Waals surface area contributed by atoms with Gasteiger partial charge in [0.2, 0.25) is 0 Å². The van der Waals surface area contributed by atoms with E-state index in [4.69, 9.17) is 8.60 Å². The first-order valence-corrected chi connectivity index (χ1v) is 7.96. The fourth-order valence-electron chi connectivity index (χ4n) is 2.34. The zero-order valence-corrected chi connectivity index (χ0v) is 11.9. The number of fused-ring (bicyclic) bond motifs is 3. The highest BCUT2D eigenvalue weighted by atomic mass is 32.2. The van der Waals surface area contributed by atoms with Crippen LogP contribution in [0.4, 0.5) is 0 Å². The van der Waals surface area contributed by atoms with Gasteiger partial charge in [-0.05, 0) is 25.1 Å². The van der Waals surface area contributed by atoms with E-state index in [2.05, 4.69) is 5.10 Å². The molecule has 1 aromatic carbocycles. The third-order valence-corrected chi connectivity index (χ3v) is 3.68. The van der Waals surface area contributed by atoms with Gasteiger partial charge in [-0.15, -0.1) is 0 Å². The van der Waals surface area contributed by atoms with Crippen molar-refractivity contribution in [1.29, 1.82) is 0 Å². The van der Waals surface area contributed by atoms with Gasteiger partial charge >= 0.3 is 0 Å². The molecular formula is C13H14N2O4S. The molecule has 106 valence electrons. The average molecular weight is 294 g/mol. The van der Waals surface area contributed by atoms with Gasteiger partial charge in [-0.25, -0.2) is 0 Å². The van der Waals surface area contributed by atoms with E-state index < -0.39 is 16.2 Å². The van der Waals surface area contributed by atoms with Gasteiger partial charge < -0.3 is 4.42 Å². The Morgan fingerprint density at radius 1 is 1.40 bits per heavy atom. The fraction of sp³-hybridized carbons (Fsp3) is 0.308. The summed E-state index contributed by atoms with van der Waals surface area (Å²) in [5.74, 6) is 0. The van der Waals surface area contributed by atoms with E-state index in [0.29, 0.717) is 6.54 Å². The normalized spacial score (nSPS) is 14.1. The Hall–Kier alpha value is -1.86. The van der Waals surface area contributed by atoms with E-state index in [1.54, 1.807) is 24.1 Å². The van der Waals surface area contributed by atoms with E-state index in [0.717, 1.165) is 28.1 Å². The summed E-state index contributed by atoms with van der Waals surface area (Å²) in [7, 11) is -3.47. The summed E-state index contributed by atoms with van der Waals surface area (Å²) in [4.78, 5) is 0. The van der Waals surface area contributed by atoms with Gasteiger partial charge in [0.1, 0.15) is 5.58 Å². The van der Waals surface area contributed by atoms with Gasteiger partial charge in [-0.2, -0.15) is 13.5 Å². The van der Waals surface area contributed by atoms with Crippen LogP contribution in [-0.2, 0) is 20.8 Å². The molecule has 6 nitrogen and oxygen atoms in total. The SMILES string of the molecule is CC(Cn1ncc2ccc3occc3c21)OS(C)(=O)=O. The van der Waals surface area contributed by atoms with Crippen LogP contribution < -0.4 is 0 Å². The second-order valence-corrected chi connectivity index (χ2v) is 6.37. The Bertz CT molecular complexity index is 863. The summed E-state index contributed by atoms with van der Waals surface area (Å²) in [5, 5.41) is 6.22. The molecule has 0 radical (unpaired) electrons. The highest BCUT2D eigenvalue weighted by Crippen LogP contribution is 2.26. The maximum atomic E-state index is 11.1. The lowest BCUT2D eigenvalue weighted by Gasteiger charge is -2.12. The smallest absolute Gasteiger partial charge is 0.264 e. The van der Waals surface area contributed by atoms with Crippen molar-refractivity contribution in [2.75, 3.05) is 6.26 Å². The number of nitrogens with zero attached hydrogens (tertiary/aromatic N) is 2. The molecule has 1 atom stereocenters. The van der Waals surface area contributed by atoms with Crippen LogP contribution in [0.1, 0.15) is 6.92 Å². The number of aromatic nitrogens is 2. The van der Waals surface area contributed by atoms with Gasteiger partial charge in [0, 0.05) is 10.8 Å². The monoisotopic (exact) mass is 294 g/mol. The van der Waals surface area contributed by atoms with Crippen LogP contribution in [0.3, 0.4) is 0 Å². The molecule has 0 fully saturated rings. The summed E-state index contributed by atoms with van der Waals surface area (Å²) < 4.78 is 34.3. The Labute approximate surface area is 116 Å². The minimum atomic E-state index is -3.47. The summed E-state index contributed by atoms with van der Waals surface area (Å²) >= 11 is 0. The molecular weight excluding hydrogens is 280 g/mol. The Morgan fingerprint density at radius 2 is 2.20 bits per heavy atom. The fourth-order valence-corrected chi connectivity index (χ4v) is 3.00. The molecule has 0 N–H and O–H groups in total. The number of benzene rings is 1. The van der Waals surface area contributed by atoms with Gasteiger partial charge in [0.15, 0.2) is 0 Å². The van der Waals surface area contributed by atoms with E-state index in [1.165, 1.54) is 0 Å². The van der Waals surface area contributed by atoms with Crippen molar-refractivity contribution in [1.82, 2.24) is 9.78 Å². The van der Waals surface area contributed by atoms with Gasteiger partial charge in [0.25, 0.3) is 10.1 Å². The van der Waals surface area contributed by atoms with Crippen molar-refractivity contribution >= 4 is 32.0 Å². The number of rotatable bonds is 4. The molecule has 0 bridgehead atoms. The van der Waals surface area contributed by atoms with Gasteiger partial charge in [-0.3, -0.25) is 8.86 Å². The van der Waals surface area contributed by atoms with Crippen LogP contribution in [0.2, 0.25) is 0 Å². The lowest BCUT2D eigenvalue weighted by Crippen LogP contribution is -2.20. The lowest BCUT2D eigenvalue weighted by atomic mass is 10.2. The average Bonchev–Trinajstić information content (AvgIpc) is 2.91. The van der Waals surface area contributed by atoms with Crippen LogP contribution >= 0.6 is 0 Å². The molecule has 2 heterocycles. The molecule has 1 unspecified atom stereocenters. The minimum Gasteiger partial charge on any atom is -0.464 e. The Morgan fingerprint density at radius 3 is 2.95 bits per heavy atom. The third-order valence-electron chi connectivity index (χ3n) is 3.00. The maximum Gasteiger partial charge on any atom is 0.264 e. The topological polar surface area (TPSA) is 74.3 Å². The zero-order chi connectivity index (χ0) is 14.3. The second-order valence-electron chi connectivity index (χ2n) is 4.77. The summed E-state index contributed by atoms with van der Waals surface area (Å²) in [6, 6.07) is 5.69. The number of furan rings is 1. The first-order valence-electron chi connectivity index (χ1n) is 6.14. The van der Waals surface area contributed by atoms with Crippen LogP contribution in [0.5, 0.6) is 0 Å². The second kappa shape index (κ2) is 4.60. The summed E-state index contributed by atoms with van der Waals surface area (Å²) in [6.45, 7) is 2.05. The Kier molecular flexibility index (Phi) is 3.02. The molecule has 0 aliphatic carbocycles. The van der Waals surface area contributed by atoms with E-state index in [-0.39, 0.29) is 0 Å². The van der Waals surface area contributed by atoms with Crippen LogP contribution in [0.25, 0.3) is 21.9 Å². The predicted octanol–water partition coefficient (Wildman–Crippen LogP) is 2.15. The van der Waals surface area contributed by atoms with Crippen molar-refractivity contribution in [3.8, 4) is 0 Å². The van der Waals surface area contributed by atoms with E-state index >= 15 is 0 Å². The number of hydrogen-bond acceptors (Lipinski definition) is 5. The predicted molar refractivity (Wildman–Crippen MR) is 74.9 cm³/mol. The quantitative estimate of drug-likeness (QED) is 0.689. The molecule has 0 amide bonds. The van der Waals surface area contributed by atoms with E-state index in [9.17, 15) is 8.42 Å². The van der Waals surface area contributed by atoms with Gasteiger partial charge in [-0.1, -0.05) is 0 Å². The molecule has 0 aliphatic heterocycles. The summed E-state index contributed by atoms with van der Waals surface area (Å²) in [5.41, 5.74) is 1.69. The summed E-state index contributed by atoms with van der Waals surface area (Å²) in [6.07, 6.45) is 3.92. The molecule has 0 aliphatic rings. The molecule has 0 spiro atoms. The van der Waals surface area contributed by atoms with E-state index in [1.807, 2.05) is 18.2 Å². The van der Waals surface area contributed by atoms with Crippen LogP contribution in [0, 0.1) is 0 Å². The van der Waals surface area contributed by atoms with Gasteiger partial charge in [0.05, 0.1) is 36.9 Å². The third kappa shape index (κ3) is 2.41. The highest BCUT2D eigenvalue weighted by molar-refractivity contribution is 7.86. The first kappa shape index (κ1) is 13.1. The zero-order valence-electron chi connectivity index (χ0n) is 11.1. The molecule has 20 heavy (non-hydrogen) atoms. The molecule has 0 saturated carbocycles. The first-order chi connectivity index (χ1) is 9.44. The van der Waals surface area contributed by atoms with Crippen molar-refractivity contribution in [3.63, 3.8) is 0 Å². The molecule has 0 saturated heterocycles. The lowest BCUT2D eigenvalue weighted by molar-refractivity contribution is 0.205. The van der Waals surface area contributed by atoms with Crippen LogP contribution in [0.15, 0.2) is 35.1 Å². The number of hydrogen-bond donors (Lipinski definition) is 0. The maximum absolute atomic E-state index is 11.1. The molecule has 3 rings (SSSR count). The highest BCUT2D eigenvalue weighted by Gasteiger charge is 2.15. The van der Waals surface area contributed by atoms with Crippen molar-refractivity contribution in [2.45, 2.75) is 19.6 Å². The Balaban J connectivity index is 2.01. The molecule has 7 heteroatoms. The van der Waals surface area contributed by atoms with Crippen molar-refractivity contribution < 1.29 is 17.0 Å². The molecule has 3 aromatic rings. The minimum absolute atomic E-state index is 0.348. The largest absolute Gasteiger partial charge is 0.464 e. The van der Waals surface area contributed by atoms with Crippen molar-refractivity contribution in [2.24, 2.45) is 0 Å². The van der Waals surface area contributed by atoms with Crippen molar-refractivity contribution in [3.05, 3.63) is 30.7 Å². The standard InChI is InChI=1S/C13H14N2O4S/c1-9(19-20(2,16)17)8-15-13-10(7-14-15)3-4-12-11(13)5-6-18-12/h3-7,9H,8H2,1-2H3. The molecule has 2 aromatic heterocycles. The van der Waals surface area contributed by atoms with Crippen LogP contribution in [-0.4, -0.2) is 30.6 Å².